The highest BCUT2D eigenvalue weighted by atomic mass is 16.4. The van der Waals surface area contributed by atoms with Crippen molar-refractivity contribution in [3.8, 4) is 11.5 Å². The Morgan fingerprint density at radius 3 is 2.95 bits per heavy atom. The summed E-state index contributed by atoms with van der Waals surface area (Å²) in [4.78, 5) is 23.2. The van der Waals surface area contributed by atoms with Gasteiger partial charge in [-0.1, -0.05) is 6.07 Å². The fraction of sp³-hybridized carbons (Fsp3) is 0.286. The van der Waals surface area contributed by atoms with Crippen LogP contribution in [0.3, 0.4) is 0 Å². The number of hydrogen-bond acceptors (Lipinski definition) is 5. The highest BCUT2D eigenvalue weighted by Gasteiger charge is 2.27. The van der Waals surface area contributed by atoms with Gasteiger partial charge in [-0.25, -0.2) is 0 Å². The van der Waals surface area contributed by atoms with Crippen LogP contribution >= 0.6 is 0 Å². The number of carbonyl (C=O) groups excluding carboxylic acids is 2. The third-order valence-corrected chi connectivity index (χ3v) is 3.21. The maximum Gasteiger partial charge on any atom is 0.247 e. The molecule has 1 aromatic carbocycles. The van der Waals surface area contributed by atoms with Crippen LogP contribution in [0.4, 0.5) is 5.69 Å². The molecule has 3 rings (SSSR count). The van der Waals surface area contributed by atoms with Gasteiger partial charge in [0, 0.05) is 24.6 Å². The maximum atomic E-state index is 12.0. The molecule has 1 aliphatic heterocycles. The summed E-state index contributed by atoms with van der Waals surface area (Å²) in [5, 5.41) is 13.1. The number of anilines is 1. The first-order chi connectivity index (χ1) is 10.1. The van der Waals surface area contributed by atoms with Crippen molar-refractivity contribution >= 4 is 17.5 Å². The fourth-order valence-corrected chi connectivity index (χ4v) is 2.18. The van der Waals surface area contributed by atoms with Crippen LogP contribution in [0.5, 0.6) is 0 Å². The van der Waals surface area contributed by atoms with Gasteiger partial charge in [0.25, 0.3) is 0 Å². The Kier molecular flexibility index (Phi) is 3.39. The summed E-state index contributed by atoms with van der Waals surface area (Å²) in [6.07, 6.45) is 0.909. The average molecular weight is 286 g/mol. The normalized spacial score (nSPS) is 17.6. The molecule has 1 saturated heterocycles. The quantitative estimate of drug-likeness (QED) is 0.885. The van der Waals surface area contributed by atoms with Crippen LogP contribution in [0.15, 0.2) is 28.7 Å². The van der Waals surface area contributed by atoms with Crippen LogP contribution in [0, 0.1) is 6.92 Å². The highest BCUT2D eigenvalue weighted by Crippen LogP contribution is 2.21. The number of rotatable bonds is 3. The van der Waals surface area contributed by atoms with Gasteiger partial charge in [0.05, 0.1) is 0 Å². The number of benzene rings is 1. The van der Waals surface area contributed by atoms with Crippen molar-refractivity contribution < 1.29 is 14.0 Å². The SMILES string of the molecule is Cc1nnc(-c2cccc(NC(=O)C3CCC(=O)N3)c2)o1. The number of aryl methyl sites for hydroxylation is 1. The van der Waals surface area contributed by atoms with Crippen LogP contribution in [-0.2, 0) is 9.59 Å². The first kappa shape index (κ1) is 13.3. The van der Waals surface area contributed by atoms with Crippen LogP contribution < -0.4 is 10.6 Å². The minimum absolute atomic E-state index is 0.0924. The van der Waals surface area contributed by atoms with Crippen molar-refractivity contribution in [2.45, 2.75) is 25.8 Å². The van der Waals surface area contributed by atoms with Crippen LogP contribution in [0.25, 0.3) is 11.5 Å². The van der Waals surface area contributed by atoms with E-state index in [0.29, 0.717) is 30.3 Å². The van der Waals surface area contributed by atoms with E-state index in [-0.39, 0.29) is 11.8 Å². The molecule has 108 valence electrons. The summed E-state index contributed by atoms with van der Waals surface area (Å²) in [6, 6.07) is 6.66. The Morgan fingerprint density at radius 1 is 1.43 bits per heavy atom. The van der Waals surface area contributed by atoms with E-state index in [1.165, 1.54) is 0 Å². The molecule has 1 aromatic heterocycles. The second-order valence-electron chi connectivity index (χ2n) is 4.86. The van der Waals surface area contributed by atoms with E-state index in [9.17, 15) is 9.59 Å². The molecule has 0 spiro atoms. The Labute approximate surface area is 120 Å². The molecular weight excluding hydrogens is 272 g/mol. The van der Waals surface area contributed by atoms with Crippen molar-refractivity contribution in [2.75, 3.05) is 5.32 Å². The van der Waals surface area contributed by atoms with Crippen molar-refractivity contribution in [3.05, 3.63) is 30.2 Å². The number of nitrogens with one attached hydrogen (secondary N) is 2. The molecular formula is C14H14N4O3. The smallest absolute Gasteiger partial charge is 0.247 e. The van der Waals surface area contributed by atoms with E-state index in [1.54, 1.807) is 25.1 Å². The van der Waals surface area contributed by atoms with Crippen molar-refractivity contribution in [2.24, 2.45) is 0 Å². The zero-order valence-corrected chi connectivity index (χ0v) is 11.4. The topological polar surface area (TPSA) is 97.1 Å². The first-order valence-corrected chi connectivity index (χ1v) is 6.62. The number of carbonyl (C=O) groups is 2. The minimum Gasteiger partial charge on any atom is -0.421 e. The van der Waals surface area contributed by atoms with Gasteiger partial charge in [0.15, 0.2) is 0 Å². The zero-order chi connectivity index (χ0) is 14.8. The predicted octanol–water partition coefficient (Wildman–Crippen LogP) is 1.26. The van der Waals surface area contributed by atoms with Crippen LogP contribution in [0.1, 0.15) is 18.7 Å². The van der Waals surface area contributed by atoms with Crippen molar-refractivity contribution in [1.29, 1.82) is 0 Å². The van der Waals surface area contributed by atoms with E-state index in [0.717, 1.165) is 5.56 Å². The summed E-state index contributed by atoms with van der Waals surface area (Å²) in [5.74, 6) is 0.566. The lowest BCUT2D eigenvalue weighted by Crippen LogP contribution is -2.37. The van der Waals surface area contributed by atoms with Gasteiger partial charge in [-0.15, -0.1) is 10.2 Å². The second kappa shape index (κ2) is 5.35. The van der Waals surface area contributed by atoms with Gasteiger partial charge in [-0.2, -0.15) is 0 Å². The molecule has 2 heterocycles. The number of nitrogens with zero attached hydrogens (tertiary/aromatic N) is 2. The molecule has 0 bridgehead atoms. The molecule has 7 nitrogen and oxygen atoms in total. The molecule has 2 N–H and O–H groups in total. The van der Waals surface area contributed by atoms with Gasteiger partial charge in [0.2, 0.25) is 23.6 Å². The Hall–Kier alpha value is -2.70. The van der Waals surface area contributed by atoms with E-state index in [4.69, 9.17) is 4.42 Å². The molecule has 21 heavy (non-hydrogen) atoms. The molecule has 0 radical (unpaired) electrons. The molecule has 1 atom stereocenters. The zero-order valence-electron chi connectivity index (χ0n) is 11.4. The van der Waals surface area contributed by atoms with Gasteiger partial charge >= 0.3 is 0 Å². The maximum absolute atomic E-state index is 12.0. The molecule has 0 saturated carbocycles. The number of aromatic nitrogens is 2. The van der Waals surface area contributed by atoms with E-state index in [2.05, 4.69) is 20.8 Å². The number of hydrogen-bond donors (Lipinski definition) is 2. The molecule has 2 aromatic rings. The third kappa shape index (κ3) is 2.91. The molecule has 1 aliphatic rings. The fourth-order valence-electron chi connectivity index (χ4n) is 2.18. The van der Waals surface area contributed by atoms with Gasteiger partial charge in [0.1, 0.15) is 6.04 Å². The summed E-state index contributed by atoms with van der Waals surface area (Å²) >= 11 is 0. The minimum atomic E-state index is -0.466. The lowest BCUT2D eigenvalue weighted by molar-refractivity contribution is -0.122. The molecule has 1 unspecified atom stereocenters. The second-order valence-corrected chi connectivity index (χ2v) is 4.86. The van der Waals surface area contributed by atoms with Crippen LogP contribution in [0.2, 0.25) is 0 Å². The first-order valence-electron chi connectivity index (χ1n) is 6.62. The predicted molar refractivity (Wildman–Crippen MR) is 74.3 cm³/mol. The highest BCUT2D eigenvalue weighted by molar-refractivity contribution is 5.99. The molecule has 2 amide bonds. The molecule has 7 heteroatoms. The molecule has 0 aliphatic carbocycles. The Balaban J connectivity index is 1.74. The number of amides is 2. The van der Waals surface area contributed by atoms with Crippen molar-refractivity contribution in [3.63, 3.8) is 0 Å². The summed E-state index contributed by atoms with van der Waals surface area (Å²) in [5.41, 5.74) is 1.35. The Morgan fingerprint density at radius 2 is 2.29 bits per heavy atom. The van der Waals surface area contributed by atoms with E-state index in [1.807, 2.05) is 6.07 Å². The van der Waals surface area contributed by atoms with Crippen molar-refractivity contribution in [1.82, 2.24) is 15.5 Å². The summed E-state index contributed by atoms with van der Waals surface area (Å²) in [6.45, 7) is 1.71. The monoisotopic (exact) mass is 286 g/mol. The average Bonchev–Trinajstić information content (AvgIpc) is 3.08. The summed E-state index contributed by atoms with van der Waals surface area (Å²) in [7, 11) is 0. The largest absolute Gasteiger partial charge is 0.421 e. The van der Waals surface area contributed by atoms with Gasteiger partial charge in [-0.05, 0) is 24.6 Å². The van der Waals surface area contributed by atoms with Gasteiger partial charge in [-0.3, -0.25) is 9.59 Å². The van der Waals surface area contributed by atoms with E-state index < -0.39 is 6.04 Å². The lowest BCUT2D eigenvalue weighted by Gasteiger charge is -2.11. The van der Waals surface area contributed by atoms with Crippen LogP contribution in [-0.4, -0.2) is 28.1 Å². The summed E-state index contributed by atoms with van der Waals surface area (Å²) < 4.78 is 5.35. The standard InChI is InChI=1S/C14H14N4O3/c1-8-17-18-14(21-8)9-3-2-4-10(7-9)15-13(20)11-5-6-12(19)16-11/h2-4,7,11H,5-6H2,1H3,(H,15,20)(H,16,19). The van der Waals surface area contributed by atoms with Gasteiger partial charge < -0.3 is 15.1 Å². The Bertz CT molecular complexity index is 695. The lowest BCUT2D eigenvalue weighted by atomic mass is 10.1. The van der Waals surface area contributed by atoms with E-state index >= 15 is 0 Å². The third-order valence-electron chi connectivity index (χ3n) is 3.21. The molecule has 1 fully saturated rings.